The van der Waals surface area contributed by atoms with Gasteiger partial charge in [0.05, 0.1) is 6.26 Å². The Kier molecular flexibility index (Phi) is 3.12. The van der Waals surface area contributed by atoms with Gasteiger partial charge < -0.3 is 9.73 Å². The lowest BCUT2D eigenvalue weighted by Gasteiger charge is -2.06. The summed E-state index contributed by atoms with van der Waals surface area (Å²) in [5.74, 6) is 0. The van der Waals surface area contributed by atoms with Crippen molar-refractivity contribution in [3.8, 4) is 0 Å². The molecule has 0 unspecified atom stereocenters. The van der Waals surface area contributed by atoms with Crippen LogP contribution in [-0.2, 0) is 6.54 Å². The van der Waals surface area contributed by atoms with Crippen molar-refractivity contribution in [3.63, 3.8) is 0 Å². The summed E-state index contributed by atoms with van der Waals surface area (Å²) in [6, 6.07) is 6.56. The molecule has 1 heterocycles. The number of hydrogen-bond donors (Lipinski definition) is 1. The van der Waals surface area contributed by atoms with E-state index in [-0.39, 0.29) is 0 Å². The van der Waals surface area contributed by atoms with Crippen LogP contribution in [0.15, 0.2) is 33.4 Å². The first kappa shape index (κ1) is 10.7. The Bertz CT molecular complexity index is 462. The maximum atomic E-state index is 5.48. The van der Waals surface area contributed by atoms with Crippen molar-refractivity contribution in [1.82, 2.24) is 5.32 Å². The maximum Gasteiger partial charge on any atom is 0.134 e. The second kappa shape index (κ2) is 4.37. The van der Waals surface area contributed by atoms with E-state index in [2.05, 4.69) is 41.2 Å². The minimum Gasteiger partial charge on any atom is -0.464 e. The summed E-state index contributed by atoms with van der Waals surface area (Å²) in [5.41, 5.74) is 2.15. The summed E-state index contributed by atoms with van der Waals surface area (Å²) in [5, 5.41) is 4.56. The van der Waals surface area contributed by atoms with E-state index in [0.29, 0.717) is 6.04 Å². The van der Waals surface area contributed by atoms with E-state index in [9.17, 15) is 0 Å². The van der Waals surface area contributed by atoms with Crippen molar-refractivity contribution in [3.05, 3.63) is 34.5 Å². The molecule has 80 valence electrons. The highest BCUT2D eigenvalue weighted by Gasteiger charge is 2.06. The summed E-state index contributed by atoms with van der Waals surface area (Å²) >= 11 is 3.47. The molecule has 0 atom stereocenters. The van der Waals surface area contributed by atoms with Gasteiger partial charge in [0, 0.05) is 28.0 Å². The fraction of sp³-hybridized carbons (Fsp3) is 0.333. The first-order valence-corrected chi connectivity index (χ1v) is 5.85. The molecule has 0 radical (unpaired) electrons. The van der Waals surface area contributed by atoms with Crippen molar-refractivity contribution < 1.29 is 4.42 Å². The van der Waals surface area contributed by atoms with E-state index in [0.717, 1.165) is 16.6 Å². The van der Waals surface area contributed by atoms with Crippen molar-refractivity contribution in [1.29, 1.82) is 0 Å². The molecule has 0 fully saturated rings. The first-order chi connectivity index (χ1) is 7.16. The quantitative estimate of drug-likeness (QED) is 0.918. The predicted molar refractivity (Wildman–Crippen MR) is 65.9 cm³/mol. The third kappa shape index (κ3) is 2.41. The molecule has 1 aromatic carbocycles. The van der Waals surface area contributed by atoms with Crippen LogP contribution in [0.3, 0.4) is 0 Å². The van der Waals surface area contributed by atoms with Gasteiger partial charge in [0.1, 0.15) is 5.58 Å². The Balaban J connectivity index is 2.31. The maximum absolute atomic E-state index is 5.48. The molecular weight excluding hydrogens is 254 g/mol. The van der Waals surface area contributed by atoms with Gasteiger partial charge in [0.15, 0.2) is 0 Å². The van der Waals surface area contributed by atoms with Crippen molar-refractivity contribution in [2.75, 3.05) is 0 Å². The van der Waals surface area contributed by atoms with Gasteiger partial charge in [-0.3, -0.25) is 0 Å². The van der Waals surface area contributed by atoms with Gasteiger partial charge in [-0.15, -0.1) is 0 Å². The molecule has 2 nitrogen and oxygen atoms in total. The van der Waals surface area contributed by atoms with Crippen molar-refractivity contribution in [2.24, 2.45) is 0 Å². The van der Waals surface area contributed by atoms with Crippen LogP contribution in [0.2, 0.25) is 0 Å². The van der Waals surface area contributed by atoms with Crippen LogP contribution in [0.25, 0.3) is 11.0 Å². The van der Waals surface area contributed by atoms with Crippen LogP contribution in [0.4, 0.5) is 0 Å². The molecule has 0 aliphatic rings. The van der Waals surface area contributed by atoms with Crippen molar-refractivity contribution >= 4 is 26.9 Å². The van der Waals surface area contributed by atoms with Crippen LogP contribution >= 0.6 is 15.9 Å². The summed E-state index contributed by atoms with van der Waals surface area (Å²) in [4.78, 5) is 0. The van der Waals surface area contributed by atoms with Crippen LogP contribution in [0.5, 0.6) is 0 Å². The van der Waals surface area contributed by atoms with E-state index >= 15 is 0 Å². The number of halogens is 1. The summed E-state index contributed by atoms with van der Waals surface area (Å²) in [6.45, 7) is 5.12. The number of furan rings is 1. The highest BCUT2D eigenvalue weighted by molar-refractivity contribution is 9.10. The Hall–Kier alpha value is -0.800. The minimum atomic E-state index is 0.488. The molecule has 0 saturated heterocycles. The zero-order valence-electron chi connectivity index (χ0n) is 8.88. The Morgan fingerprint density at radius 1 is 1.40 bits per heavy atom. The molecule has 0 spiro atoms. The zero-order valence-corrected chi connectivity index (χ0v) is 10.5. The molecule has 3 heteroatoms. The summed E-state index contributed by atoms with van der Waals surface area (Å²) in [6.07, 6.45) is 1.83. The lowest BCUT2D eigenvalue weighted by molar-refractivity contribution is 0.572. The molecule has 1 aromatic heterocycles. The van der Waals surface area contributed by atoms with Gasteiger partial charge in [0.2, 0.25) is 0 Å². The molecule has 0 amide bonds. The third-order valence-corrected chi connectivity index (χ3v) is 2.81. The van der Waals surface area contributed by atoms with Crippen LogP contribution in [-0.4, -0.2) is 6.04 Å². The molecule has 2 aromatic rings. The lowest BCUT2D eigenvalue weighted by atomic mass is 10.2. The molecule has 0 aliphatic heterocycles. The van der Waals surface area contributed by atoms with E-state index in [1.807, 2.05) is 18.4 Å². The molecule has 0 aliphatic carbocycles. The normalized spacial score (nSPS) is 11.5. The number of hydrogen-bond acceptors (Lipinski definition) is 2. The lowest BCUT2D eigenvalue weighted by Crippen LogP contribution is -2.21. The van der Waals surface area contributed by atoms with E-state index in [1.165, 1.54) is 10.9 Å². The van der Waals surface area contributed by atoms with Gasteiger partial charge in [-0.2, -0.15) is 0 Å². The number of rotatable bonds is 3. The highest BCUT2D eigenvalue weighted by Crippen LogP contribution is 2.24. The zero-order chi connectivity index (χ0) is 10.8. The minimum absolute atomic E-state index is 0.488. The van der Waals surface area contributed by atoms with E-state index in [1.54, 1.807) is 0 Å². The fourth-order valence-corrected chi connectivity index (χ4v) is 1.87. The molecule has 0 saturated carbocycles. The third-order valence-electron chi connectivity index (χ3n) is 2.32. The molecular formula is C12H14BrNO. The van der Waals surface area contributed by atoms with Crippen molar-refractivity contribution in [2.45, 2.75) is 26.4 Å². The van der Waals surface area contributed by atoms with Crippen LogP contribution in [0, 0.1) is 0 Å². The standard InChI is InChI=1S/C12H14BrNO/c1-8(2)14-6-9-7-15-12-4-3-10(13)5-11(9)12/h3-5,7-8,14H,6H2,1-2H3. The van der Waals surface area contributed by atoms with Gasteiger partial charge >= 0.3 is 0 Å². The van der Waals surface area contributed by atoms with Gasteiger partial charge in [-0.05, 0) is 18.2 Å². The van der Waals surface area contributed by atoms with E-state index in [4.69, 9.17) is 4.42 Å². The van der Waals surface area contributed by atoms with Crippen LogP contribution < -0.4 is 5.32 Å². The molecule has 1 N–H and O–H groups in total. The van der Waals surface area contributed by atoms with Gasteiger partial charge in [0.25, 0.3) is 0 Å². The van der Waals surface area contributed by atoms with E-state index < -0.39 is 0 Å². The Morgan fingerprint density at radius 3 is 2.93 bits per heavy atom. The summed E-state index contributed by atoms with van der Waals surface area (Å²) < 4.78 is 6.56. The summed E-state index contributed by atoms with van der Waals surface area (Å²) in [7, 11) is 0. The first-order valence-electron chi connectivity index (χ1n) is 5.06. The second-order valence-electron chi connectivity index (χ2n) is 3.94. The number of fused-ring (bicyclic) bond motifs is 1. The molecule has 15 heavy (non-hydrogen) atoms. The fourth-order valence-electron chi connectivity index (χ4n) is 1.50. The largest absolute Gasteiger partial charge is 0.464 e. The van der Waals surface area contributed by atoms with Gasteiger partial charge in [-0.1, -0.05) is 29.8 Å². The average molecular weight is 268 g/mol. The topological polar surface area (TPSA) is 25.2 Å². The monoisotopic (exact) mass is 267 g/mol. The van der Waals surface area contributed by atoms with Crippen LogP contribution in [0.1, 0.15) is 19.4 Å². The number of benzene rings is 1. The smallest absolute Gasteiger partial charge is 0.134 e. The Labute approximate surface area is 97.8 Å². The Morgan fingerprint density at radius 2 is 2.20 bits per heavy atom. The molecule has 2 rings (SSSR count). The molecule has 0 bridgehead atoms. The number of nitrogens with one attached hydrogen (secondary N) is 1. The highest BCUT2D eigenvalue weighted by atomic mass is 79.9. The SMILES string of the molecule is CC(C)NCc1coc2ccc(Br)cc12. The van der Waals surface area contributed by atoms with Gasteiger partial charge in [-0.25, -0.2) is 0 Å². The second-order valence-corrected chi connectivity index (χ2v) is 4.85. The predicted octanol–water partition coefficient (Wildman–Crippen LogP) is 3.69. The average Bonchev–Trinajstić information content (AvgIpc) is 2.57.